The van der Waals surface area contributed by atoms with Crippen LogP contribution in [0.4, 0.5) is 5.69 Å². The number of nitrogens with one attached hydrogen (secondary N) is 1. The average molecular weight is 382 g/mol. The van der Waals surface area contributed by atoms with Crippen molar-refractivity contribution in [3.8, 4) is 17.2 Å². The van der Waals surface area contributed by atoms with Gasteiger partial charge in [0.25, 0.3) is 5.91 Å². The van der Waals surface area contributed by atoms with Gasteiger partial charge in [-0.15, -0.1) is 0 Å². The third-order valence-corrected chi connectivity index (χ3v) is 4.11. The number of rotatable bonds is 6. The van der Waals surface area contributed by atoms with E-state index in [0.29, 0.717) is 28.0 Å². The van der Waals surface area contributed by atoms with Crippen molar-refractivity contribution in [3.05, 3.63) is 83.4 Å². The first-order valence-corrected chi connectivity index (χ1v) is 8.96. The minimum Gasteiger partial charge on any atom is -0.481 e. The van der Waals surface area contributed by atoms with Crippen LogP contribution in [0.1, 0.15) is 12.5 Å². The maximum Gasteiger partial charge on any atom is 0.265 e. The molecule has 1 N–H and O–H groups in total. The first-order chi connectivity index (χ1) is 13.0. The normalized spacial score (nSPS) is 11.5. The fraction of sp³-hybridized carbons (Fsp3) is 0.136. The lowest BCUT2D eigenvalue weighted by atomic mass is 10.2. The van der Waals surface area contributed by atoms with Gasteiger partial charge in [0.15, 0.2) is 11.9 Å². The highest BCUT2D eigenvalue weighted by atomic mass is 35.5. The van der Waals surface area contributed by atoms with Crippen molar-refractivity contribution in [3.63, 3.8) is 0 Å². The summed E-state index contributed by atoms with van der Waals surface area (Å²) in [6.45, 7) is 3.69. The van der Waals surface area contributed by atoms with Crippen LogP contribution in [0, 0.1) is 6.92 Å². The lowest BCUT2D eigenvalue weighted by Gasteiger charge is -2.17. The topological polar surface area (TPSA) is 47.6 Å². The molecular weight excluding hydrogens is 362 g/mol. The third kappa shape index (κ3) is 5.25. The average Bonchev–Trinajstić information content (AvgIpc) is 2.66. The van der Waals surface area contributed by atoms with Crippen LogP contribution in [0.5, 0.6) is 17.2 Å². The summed E-state index contributed by atoms with van der Waals surface area (Å²) >= 11 is 6.09. The molecule has 0 aliphatic carbocycles. The zero-order chi connectivity index (χ0) is 19.2. The molecular formula is C22H20ClNO3. The molecule has 138 valence electrons. The summed E-state index contributed by atoms with van der Waals surface area (Å²) in [5.74, 6) is 1.51. The largest absolute Gasteiger partial charge is 0.481 e. The third-order valence-electron chi connectivity index (χ3n) is 3.87. The Kier molecular flexibility index (Phi) is 5.99. The predicted octanol–water partition coefficient (Wildman–Crippen LogP) is 5.85. The molecule has 0 unspecified atom stereocenters. The van der Waals surface area contributed by atoms with Crippen LogP contribution in [0.3, 0.4) is 0 Å². The summed E-state index contributed by atoms with van der Waals surface area (Å²) in [7, 11) is 0. The number of carbonyl (C=O) groups excluding carboxylic acids is 1. The van der Waals surface area contributed by atoms with Gasteiger partial charge in [0.1, 0.15) is 11.5 Å². The highest BCUT2D eigenvalue weighted by molar-refractivity contribution is 6.31. The quantitative estimate of drug-likeness (QED) is 0.582. The van der Waals surface area contributed by atoms with Crippen molar-refractivity contribution in [1.29, 1.82) is 0 Å². The molecule has 0 saturated carbocycles. The van der Waals surface area contributed by atoms with Crippen LogP contribution in [0.2, 0.25) is 5.02 Å². The fourth-order valence-electron chi connectivity index (χ4n) is 2.41. The van der Waals surface area contributed by atoms with Crippen LogP contribution < -0.4 is 14.8 Å². The number of carbonyl (C=O) groups is 1. The number of amides is 1. The van der Waals surface area contributed by atoms with E-state index in [4.69, 9.17) is 21.1 Å². The molecule has 27 heavy (non-hydrogen) atoms. The monoisotopic (exact) mass is 381 g/mol. The molecule has 0 saturated heterocycles. The zero-order valence-electron chi connectivity index (χ0n) is 15.1. The van der Waals surface area contributed by atoms with Gasteiger partial charge in [-0.25, -0.2) is 0 Å². The fourth-order valence-corrected chi connectivity index (χ4v) is 2.59. The van der Waals surface area contributed by atoms with Gasteiger partial charge in [0.2, 0.25) is 0 Å². The Morgan fingerprint density at radius 2 is 1.67 bits per heavy atom. The van der Waals surface area contributed by atoms with Gasteiger partial charge in [-0.2, -0.15) is 0 Å². The maximum atomic E-state index is 12.6. The maximum absolute atomic E-state index is 12.6. The Morgan fingerprint density at radius 3 is 2.37 bits per heavy atom. The second-order valence-electron chi connectivity index (χ2n) is 6.12. The summed E-state index contributed by atoms with van der Waals surface area (Å²) in [6.07, 6.45) is -0.684. The van der Waals surface area contributed by atoms with E-state index in [1.165, 1.54) is 0 Å². The van der Waals surface area contributed by atoms with Crippen LogP contribution in [0.25, 0.3) is 0 Å². The number of anilines is 1. The van der Waals surface area contributed by atoms with Crippen molar-refractivity contribution in [2.45, 2.75) is 20.0 Å². The van der Waals surface area contributed by atoms with Crippen molar-refractivity contribution in [2.75, 3.05) is 5.32 Å². The highest BCUT2D eigenvalue weighted by Gasteiger charge is 2.17. The van der Waals surface area contributed by atoms with Crippen molar-refractivity contribution in [2.24, 2.45) is 0 Å². The number of ether oxygens (including phenoxy) is 2. The molecule has 0 aliphatic heterocycles. The van der Waals surface area contributed by atoms with Crippen LogP contribution in [-0.2, 0) is 4.79 Å². The minimum absolute atomic E-state index is 0.296. The number of aryl methyl sites for hydroxylation is 1. The Balaban J connectivity index is 1.72. The first-order valence-electron chi connectivity index (χ1n) is 8.58. The van der Waals surface area contributed by atoms with Gasteiger partial charge >= 0.3 is 0 Å². The van der Waals surface area contributed by atoms with Gasteiger partial charge in [-0.1, -0.05) is 47.5 Å². The molecule has 4 nitrogen and oxygen atoms in total. The molecule has 0 bridgehead atoms. The molecule has 0 spiro atoms. The first kappa shape index (κ1) is 18.8. The van der Waals surface area contributed by atoms with Gasteiger partial charge in [-0.3, -0.25) is 4.79 Å². The van der Waals surface area contributed by atoms with Crippen molar-refractivity contribution in [1.82, 2.24) is 0 Å². The Labute approximate surface area is 163 Å². The van der Waals surface area contributed by atoms with E-state index in [0.717, 1.165) is 5.56 Å². The Bertz CT molecular complexity index is 911. The molecule has 3 rings (SSSR count). The standard InChI is InChI=1S/C22H20ClNO3/c1-15-8-11-19(12-9-15)26-16(2)22(25)24-20-14-17(23)10-13-21(20)27-18-6-4-3-5-7-18/h3-14,16H,1-2H3,(H,24,25)/t16-/m1/s1. The van der Waals surface area contributed by atoms with Gasteiger partial charge in [0.05, 0.1) is 5.69 Å². The Morgan fingerprint density at radius 1 is 0.963 bits per heavy atom. The van der Waals surface area contributed by atoms with Gasteiger partial charge in [-0.05, 0) is 56.3 Å². The van der Waals surface area contributed by atoms with E-state index in [9.17, 15) is 4.79 Å². The number of para-hydroxylation sites is 1. The van der Waals surface area contributed by atoms with Gasteiger partial charge in [0, 0.05) is 5.02 Å². The number of hydrogen-bond donors (Lipinski definition) is 1. The molecule has 1 amide bonds. The number of hydrogen-bond acceptors (Lipinski definition) is 3. The van der Waals surface area contributed by atoms with E-state index in [1.807, 2.05) is 61.5 Å². The lowest BCUT2D eigenvalue weighted by Crippen LogP contribution is -2.30. The molecule has 0 heterocycles. The second-order valence-corrected chi connectivity index (χ2v) is 6.55. The molecule has 0 fully saturated rings. The molecule has 1 atom stereocenters. The number of benzene rings is 3. The zero-order valence-corrected chi connectivity index (χ0v) is 15.9. The van der Waals surface area contributed by atoms with E-state index < -0.39 is 6.10 Å². The van der Waals surface area contributed by atoms with Gasteiger partial charge < -0.3 is 14.8 Å². The summed E-state index contributed by atoms with van der Waals surface area (Å²) in [5.41, 5.74) is 1.61. The Hall–Kier alpha value is -2.98. The SMILES string of the molecule is Cc1ccc(O[C@H](C)C(=O)Nc2cc(Cl)ccc2Oc2ccccc2)cc1. The van der Waals surface area contributed by atoms with Crippen molar-refractivity contribution < 1.29 is 14.3 Å². The number of halogens is 1. The summed E-state index contributed by atoms with van der Waals surface area (Å²) in [6, 6.07) is 21.9. The minimum atomic E-state index is -0.684. The predicted molar refractivity (Wildman–Crippen MR) is 108 cm³/mol. The van der Waals surface area contributed by atoms with E-state index in [-0.39, 0.29) is 5.91 Å². The van der Waals surface area contributed by atoms with E-state index >= 15 is 0 Å². The summed E-state index contributed by atoms with van der Waals surface area (Å²) < 4.78 is 11.6. The lowest BCUT2D eigenvalue weighted by molar-refractivity contribution is -0.122. The molecule has 0 radical (unpaired) electrons. The molecule has 3 aromatic carbocycles. The smallest absolute Gasteiger partial charge is 0.265 e. The molecule has 0 aromatic heterocycles. The highest BCUT2D eigenvalue weighted by Crippen LogP contribution is 2.32. The molecule has 3 aromatic rings. The molecule has 0 aliphatic rings. The summed E-state index contributed by atoms with van der Waals surface area (Å²) in [5, 5.41) is 3.33. The van der Waals surface area contributed by atoms with Crippen LogP contribution >= 0.6 is 11.6 Å². The van der Waals surface area contributed by atoms with Crippen LogP contribution in [0.15, 0.2) is 72.8 Å². The van der Waals surface area contributed by atoms with Crippen LogP contribution in [-0.4, -0.2) is 12.0 Å². The molecule has 5 heteroatoms. The van der Waals surface area contributed by atoms with E-state index in [2.05, 4.69) is 5.32 Å². The summed E-state index contributed by atoms with van der Waals surface area (Å²) in [4.78, 5) is 12.6. The second kappa shape index (κ2) is 8.60. The van der Waals surface area contributed by atoms with Crippen molar-refractivity contribution >= 4 is 23.2 Å². The van der Waals surface area contributed by atoms with E-state index in [1.54, 1.807) is 25.1 Å².